The van der Waals surface area contributed by atoms with Crippen molar-refractivity contribution in [1.29, 1.82) is 5.26 Å². The van der Waals surface area contributed by atoms with Crippen LogP contribution in [0.1, 0.15) is 19.4 Å². The summed E-state index contributed by atoms with van der Waals surface area (Å²) in [6, 6.07) is 7.97. The molecule has 0 unspecified atom stereocenters. The maximum absolute atomic E-state index is 12.1. The normalized spacial score (nSPS) is 12.2. The fourth-order valence-electron chi connectivity index (χ4n) is 1.14. The van der Waals surface area contributed by atoms with E-state index in [9.17, 15) is 13.2 Å². The van der Waals surface area contributed by atoms with Gasteiger partial charge in [-0.05, 0) is 43.3 Å². The molecule has 0 atom stereocenters. The van der Waals surface area contributed by atoms with Gasteiger partial charge in [0, 0.05) is 4.90 Å². The van der Waals surface area contributed by atoms with Gasteiger partial charge in [-0.2, -0.15) is 18.4 Å². The number of halogens is 3. The summed E-state index contributed by atoms with van der Waals surface area (Å²) < 4.78 is 36.2. The molecule has 0 aromatic heterocycles. The van der Waals surface area contributed by atoms with Crippen molar-refractivity contribution in [3.8, 4) is 6.07 Å². The molecule has 0 heterocycles. The van der Waals surface area contributed by atoms with E-state index >= 15 is 0 Å². The first kappa shape index (κ1) is 12.9. The molecule has 0 radical (unpaired) electrons. The average molecular weight is 245 g/mol. The molecular formula is C11H10F3NS. The molecule has 0 N–H and O–H groups in total. The second-order valence-electron chi connectivity index (χ2n) is 3.81. The second kappa shape index (κ2) is 4.38. The van der Waals surface area contributed by atoms with Crippen molar-refractivity contribution < 1.29 is 13.2 Å². The second-order valence-corrected chi connectivity index (χ2v) is 4.95. The Morgan fingerprint density at radius 1 is 1.12 bits per heavy atom. The lowest BCUT2D eigenvalue weighted by Gasteiger charge is -2.16. The van der Waals surface area contributed by atoms with Crippen LogP contribution >= 0.6 is 11.8 Å². The summed E-state index contributed by atoms with van der Waals surface area (Å²) in [6.07, 6.45) is 0. The summed E-state index contributed by atoms with van der Waals surface area (Å²) in [7, 11) is 0. The third-order valence-electron chi connectivity index (χ3n) is 2.09. The Bertz CT molecular complexity index is 401. The highest BCUT2D eigenvalue weighted by atomic mass is 32.2. The lowest BCUT2D eigenvalue weighted by atomic mass is 9.87. The van der Waals surface area contributed by atoms with Crippen LogP contribution in [-0.4, -0.2) is 5.51 Å². The highest BCUT2D eigenvalue weighted by Gasteiger charge is 2.29. The minimum Gasteiger partial charge on any atom is -0.197 e. The lowest BCUT2D eigenvalue weighted by molar-refractivity contribution is -0.0328. The van der Waals surface area contributed by atoms with Crippen molar-refractivity contribution in [2.75, 3.05) is 0 Å². The molecular weight excluding hydrogens is 235 g/mol. The maximum Gasteiger partial charge on any atom is 0.446 e. The molecule has 16 heavy (non-hydrogen) atoms. The minimum atomic E-state index is -4.27. The predicted octanol–water partition coefficient (Wildman–Crippen LogP) is 4.10. The Labute approximate surface area is 96.3 Å². The minimum absolute atomic E-state index is 0.130. The first-order valence-electron chi connectivity index (χ1n) is 4.52. The van der Waals surface area contributed by atoms with Crippen LogP contribution in [0, 0.1) is 11.3 Å². The molecule has 0 aliphatic heterocycles. The van der Waals surface area contributed by atoms with Gasteiger partial charge in [-0.3, -0.25) is 0 Å². The number of alkyl halides is 3. The van der Waals surface area contributed by atoms with Crippen molar-refractivity contribution in [2.45, 2.75) is 29.7 Å². The average Bonchev–Trinajstić information content (AvgIpc) is 2.16. The monoisotopic (exact) mass is 245 g/mol. The number of hydrogen-bond donors (Lipinski definition) is 0. The first-order valence-corrected chi connectivity index (χ1v) is 5.34. The molecule has 0 aliphatic carbocycles. The van der Waals surface area contributed by atoms with Crippen LogP contribution in [0.3, 0.4) is 0 Å². The molecule has 5 heteroatoms. The fourth-order valence-corrected chi connectivity index (χ4v) is 1.68. The SMILES string of the molecule is CC(C)(C#N)c1ccc(SC(F)(F)F)cc1. The molecule has 0 aliphatic rings. The van der Waals surface area contributed by atoms with E-state index in [-0.39, 0.29) is 16.7 Å². The van der Waals surface area contributed by atoms with E-state index in [0.717, 1.165) is 0 Å². The van der Waals surface area contributed by atoms with Crippen LogP contribution in [0.4, 0.5) is 13.2 Å². The van der Waals surface area contributed by atoms with Crippen LogP contribution in [0.25, 0.3) is 0 Å². The predicted molar refractivity (Wildman–Crippen MR) is 57.0 cm³/mol. The van der Waals surface area contributed by atoms with Crippen molar-refractivity contribution in [1.82, 2.24) is 0 Å². The van der Waals surface area contributed by atoms with Crippen molar-refractivity contribution in [3.63, 3.8) is 0 Å². The number of thioether (sulfide) groups is 1. The maximum atomic E-state index is 12.1. The van der Waals surface area contributed by atoms with Crippen molar-refractivity contribution >= 4 is 11.8 Å². The van der Waals surface area contributed by atoms with Crippen LogP contribution < -0.4 is 0 Å². The number of nitrogens with zero attached hydrogens (tertiary/aromatic N) is 1. The summed E-state index contributed by atoms with van der Waals surface area (Å²) in [5, 5.41) is 8.87. The lowest BCUT2D eigenvalue weighted by Crippen LogP contribution is -2.13. The van der Waals surface area contributed by atoms with Gasteiger partial charge in [-0.1, -0.05) is 12.1 Å². The topological polar surface area (TPSA) is 23.8 Å². The van der Waals surface area contributed by atoms with E-state index in [4.69, 9.17) is 5.26 Å². The van der Waals surface area contributed by atoms with Gasteiger partial charge in [0.15, 0.2) is 0 Å². The molecule has 0 fully saturated rings. The smallest absolute Gasteiger partial charge is 0.197 e. The van der Waals surface area contributed by atoms with E-state index in [1.54, 1.807) is 26.0 Å². The summed E-state index contributed by atoms with van der Waals surface area (Å²) >= 11 is -0.155. The number of nitriles is 1. The molecule has 86 valence electrons. The van der Waals surface area contributed by atoms with E-state index in [2.05, 4.69) is 6.07 Å². The van der Waals surface area contributed by atoms with Crippen LogP contribution in [0.5, 0.6) is 0 Å². The molecule has 1 rings (SSSR count). The van der Waals surface area contributed by atoms with Gasteiger partial charge in [0.05, 0.1) is 11.5 Å². The Hall–Kier alpha value is -1.15. The standard InChI is InChI=1S/C11H10F3NS/c1-10(2,7-15)8-3-5-9(6-4-8)16-11(12,13)14/h3-6H,1-2H3. The zero-order chi connectivity index (χ0) is 12.4. The van der Waals surface area contributed by atoms with Gasteiger partial charge >= 0.3 is 5.51 Å². The first-order chi connectivity index (χ1) is 7.24. The summed E-state index contributed by atoms with van der Waals surface area (Å²) in [4.78, 5) is 0.130. The Morgan fingerprint density at radius 2 is 1.62 bits per heavy atom. The third kappa shape index (κ3) is 3.46. The molecule has 0 saturated carbocycles. The zero-order valence-corrected chi connectivity index (χ0v) is 9.62. The van der Waals surface area contributed by atoms with Crippen molar-refractivity contribution in [3.05, 3.63) is 29.8 Å². The summed E-state index contributed by atoms with van der Waals surface area (Å²) in [6.45, 7) is 3.44. The molecule has 0 spiro atoms. The number of benzene rings is 1. The number of hydrogen-bond acceptors (Lipinski definition) is 2. The molecule has 1 aromatic carbocycles. The van der Waals surface area contributed by atoms with E-state index in [0.29, 0.717) is 5.56 Å². The van der Waals surface area contributed by atoms with Gasteiger partial charge < -0.3 is 0 Å². The highest BCUT2D eigenvalue weighted by Crippen LogP contribution is 2.37. The van der Waals surface area contributed by atoms with Crippen molar-refractivity contribution in [2.24, 2.45) is 0 Å². The van der Waals surface area contributed by atoms with Crippen LogP contribution in [0.15, 0.2) is 29.2 Å². The van der Waals surface area contributed by atoms with E-state index in [1.807, 2.05) is 0 Å². The highest BCUT2D eigenvalue weighted by molar-refractivity contribution is 8.00. The van der Waals surface area contributed by atoms with Crippen LogP contribution in [0.2, 0.25) is 0 Å². The Balaban J connectivity index is 2.89. The summed E-state index contributed by atoms with van der Waals surface area (Å²) in [5.74, 6) is 0. The summed E-state index contributed by atoms with van der Waals surface area (Å²) in [5.41, 5.74) is -4.24. The van der Waals surface area contributed by atoms with Gasteiger partial charge in [-0.15, -0.1) is 0 Å². The molecule has 1 aromatic rings. The van der Waals surface area contributed by atoms with Gasteiger partial charge in [0.25, 0.3) is 0 Å². The fraction of sp³-hybridized carbons (Fsp3) is 0.364. The Kier molecular flexibility index (Phi) is 3.54. The van der Waals surface area contributed by atoms with Gasteiger partial charge in [-0.25, -0.2) is 0 Å². The van der Waals surface area contributed by atoms with Gasteiger partial charge in [0.2, 0.25) is 0 Å². The quantitative estimate of drug-likeness (QED) is 0.732. The zero-order valence-electron chi connectivity index (χ0n) is 8.80. The van der Waals surface area contributed by atoms with E-state index < -0.39 is 10.9 Å². The van der Waals surface area contributed by atoms with Crippen LogP contribution in [-0.2, 0) is 5.41 Å². The Morgan fingerprint density at radius 3 is 2.00 bits per heavy atom. The van der Waals surface area contributed by atoms with E-state index in [1.165, 1.54) is 12.1 Å². The largest absolute Gasteiger partial charge is 0.446 e. The molecule has 0 saturated heterocycles. The molecule has 1 nitrogen and oxygen atoms in total. The molecule has 0 amide bonds. The number of rotatable bonds is 2. The third-order valence-corrected chi connectivity index (χ3v) is 2.83. The molecule has 0 bridgehead atoms. The van der Waals surface area contributed by atoms with Gasteiger partial charge in [0.1, 0.15) is 0 Å².